The van der Waals surface area contributed by atoms with Gasteiger partial charge in [-0.15, -0.1) is 0 Å². The highest BCUT2D eigenvalue weighted by atomic mass is 16.1. The summed E-state index contributed by atoms with van der Waals surface area (Å²) < 4.78 is 1.56. The molecule has 82 valence electrons. The quantitative estimate of drug-likeness (QED) is 0.813. The lowest BCUT2D eigenvalue weighted by atomic mass is 10.2. The maximum absolute atomic E-state index is 11.3. The lowest BCUT2D eigenvalue weighted by Crippen LogP contribution is -2.16. The fraction of sp³-hybridized carbons (Fsp3) is 0.182. The molecule has 1 amide bonds. The highest BCUT2D eigenvalue weighted by Gasteiger charge is 2.12. The Labute approximate surface area is 92.9 Å². The number of aryl methyl sites for hydroxylation is 2. The molecular formula is C11H12N4O. The molecule has 2 aromatic heterocycles. The fourth-order valence-electron chi connectivity index (χ4n) is 1.44. The minimum atomic E-state index is -0.504. The van der Waals surface area contributed by atoms with E-state index in [1.165, 1.54) is 0 Å². The summed E-state index contributed by atoms with van der Waals surface area (Å²) in [4.78, 5) is 15.5. The summed E-state index contributed by atoms with van der Waals surface area (Å²) in [5.41, 5.74) is 7.33. The molecule has 2 heterocycles. The third-order valence-corrected chi connectivity index (χ3v) is 2.22. The lowest BCUT2D eigenvalue weighted by Gasteiger charge is -2.06. The number of nitrogens with two attached hydrogens (primary N) is 1. The molecule has 2 rings (SSSR count). The number of aromatic nitrogens is 3. The van der Waals surface area contributed by atoms with Crippen LogP contribution in [0.2, 0.25) is 0 Å². The number of nitrogens with zero attached hydrogens (tertiary/aromatic N) is 3. The highest BCUT2D eigenvalue weighted by molar-refractivity contribution is 5.95. The Kier molecular flexibility index (Phi) is 2.44. The standard InChI is InChI=1S/C11H12N4O/c1-7-3-4-9(10(12)16)11(13-7)15-6-5-8(2)14-15/h3-6H,1-2H3,(H2,12,16). The van der Waals surface area contributed by atoms with Gasteiger partial charge in [-0.2, -0.15) is 5.10 Å². The molecule has 0 aliphatic heterocycles. The number of pyridine rings is 1. The number of rotatable bonds is 2. The molecule has 0 saturated heterocycles. The molecule has 5 nitrogen and oxygen atoms in total. The van der Waals surface area contributed by atoms with Gasteiger partial charge in [0, 0.05) is 11.9 Å². The first-order valence-corrected chi connectivity index (χ1v) is 4.88. The normalized spacial score (nSPS) is 10.4. The molecule has 2 aromatic rings. The molecular weight excluding hydrogens is 204 g/mol. The first-order valence-electron chi connectivity index (χ1n) is 4.88. The van der Waals surface area contributed by atoms with Gasteiger partial charge in [-0.1, -0.05) is 0 Å². The Morgan fingerprint density at radius 3 is 2.56 bits per heavy atom. The topological polar surface area (TPSA) is 73.8 Å². The van der Waals surface area contributed by atoms with Crippen LogP contribution in [0.1, 0.15) is 21.7 Å². The summed E-state index contributed by atoms with van der Waals surface area (Å²) in [7, 11) is 0. The largest absolute Gasteiger partial charge is 0.365 e. The molecule has 0 aromatic carbocycles. The van der Waals surface area contributed by atoms with Gasteiger partial charge in [0.2, 0.25) is 0 Å². The van der Waals surface area contributed by atoms with Gasteiger partial charge in [-0.25, -0.2) is 9.67 Å². The molecule has 0 fully saturated rings. The molecule has 2 N–H and O–H groups in total. The van der Waals surface area contributed by atoms with Crippen LogP contribution in [0.3, 0.4) is 0 Å². The second kappa shape index (κ2) is 3.77. The predicted molar refractivity (Wildman–Crippen MR) is 59.4 cm³/mol. The second-order valence-corrected chi connectivity index (χ2v) is 3.59. The first-order chi connectivity index (χ1) is 7.58. The van der Waals surface area contributed by atoms with Crippen molar-refractivity contribution < 1.29 is 4.79 Å². The van der Waals surface area contributed by atoms with Crippen molar-refractivity contribution in [1.82, 2.24) is 14.8 Å². The fourth-order valence-corrected chi connectivity index (χ4v) is 1.44. The first kappa shape index (κ1) is 10.4. The van der Waals surface area contributed by atoms with Gasteiger partial charge in [0.1, 0.15) is 0 Å². The van der Waals surface area contributed by atoms with Crippen molar-refractivity contribution in [2.45, 2.75) is 13.8 Å². The number of amides is 1. The molecule has 0 unspecified atom stereocenters. The van der Waals surface area contributed by atoms with Gasteiger partial charge in [-0.05, 0) is 32.0 Å². The van der Waals surface area contributed by atoms with Crippen molar-refractivity contribution >= 4 is 5.91 Å². The number of primary amides is 1. The van der Waals surface area contributed by atoms with E-state index in [1.807, 2.05) is 19.9 Å². The second-order valence-electron chi connectivity index (χ2n) is 3.59. The lowest BCUT2D eigenvalue weighted by molar-refractivity contribution is 0.1000. The zero-order valence-corrected chi connectivity index (χ0v) is 9.14. The van der Waals surface area contributed by atoms with Crippen LogP contribution in [-0.2, 0) is 0 Å². The number of hydrogen-bond acceptors (Lipinski definition) is 3. The van der Waals surface area contributed by atoms with Gasteiger partial charge in [0.15, 0.2) is 5.82 Å². The molecule has 0 aliphatic carbocycles. The monoisotopic (exact) mass is 216 g/mol. The number of carbonyl (C=O) groups excluding carboxylic acids is 1. The Bertz CT molecular complexity index is 545. The van der Waals surface area contributed by atoms with E-state index in [4.69, 9.17) is 5.73 Å². The van der Waals surface area contributed by atoms with Crippen molar-refractivity contribution in [2.24, 2.45) is 5.73 Å². The zero-order valence-electron chi connectivity index (χ0n) is 9.14. The number of carbonyl (C=O) groups is 1. The van der Waals surface area contributed by atoms with Crippen LogP contribution < -0.4 is 5.73 Å². The van der Waals surface area contributed by atoms with Gasteiger partial charge in [0.25, 0.3) is 5.91 Å². The molecule has 0 radical (unpaired) electrons. The van der Waals surface area contributed by atoms with E-state index in [9.17, 15) is 4.79 Å². The van der Waals surface area contributed by atoms with Gasteiger partial charge in [0.05, 0.1) is 11.3 Å². The summed E-state index contributed by atoms with van der Waals surface area (Å²) in [6.07, 6.45) is 1.75. The summed E-state index contributed by atoms with van der Waals surface area (Å²) in [5.74, 6) is -0.0312. The van der Waals surface area contributed by atoms with Crippen molar-refractivity contribution in [3.8, 4) is 5.82 Å². The Morgan fingerprint density at radius 1 is 1.25 bits per heavy atom. The highest BCUT2D eigenvalue weighted by Crippen LogP contribution is 2.12. The average molecular weight is 216 g/mol. The summed E-state index contributed by atoms with van der Waals surface area (Å²) >= 11 is 0. The predicted octanol–water partition coefficient (Wildman–Crippen LogP) is 0.983. The van der Waals surface area contributed by atoms with E-state index in [0.29, 0.717) is 11.4 Å². The van der Waals surface area contributed by atoms with Gasteiger partial charge in [-0.3, -0.25) is 4.79 Å². The van der Waals surface area contributed by atoms with Crippen LogP contribution in [0.25, 0.3) is 5.82 Å². The minimum absolute atomic E-state index is 0.369. The molecule has 0 aliphatic rings. The van der Waals surface area contributed by atoms with E-state index in [0.717, 1.165) is 11.4 Å². The summed E-state index contributed by atoms with van der Waals surface area (Å²) in [6, 6.07) is 5.26. The third kappa shape index (κ3) is 1.79. The van der Waals surface area contributed by atoms with E-state index in [1.54, 1.807) is 23.0 Å². The molecule has 0 saturated carbocycles. The average Bonchev–Trinajstić information content (AvgIpc) is 2.64. The summed E-state index contributed by atoms with van der Waals surface area (Å²) in [6.45, 7) is 3.72. The number of hydrogen-bond donors (Lipinski definition) is 1. The van der Waals surface area contributed by atoms with Crippen molar-refractivity contribution in [1.29, 1.82) is 0 Å². The van der Waals surface area contributed by atoms with Crippen LogP contribution in [0.15, 0.2) is 24.4 Å². The van der Waals surface area contributed by atoms with Crippen molar-refractivity contribution in [2.75, 3.05) is 0 Å². The molecule has 16 heavy (non-hydrogen) atoms. The smallest absolute Gasteiger partial charge is 0.252 e. The van der Waals surface area contributed by atoms with E-state index in [2.05, 4.69) is 10.1 Å². The van der Waals surface area contributed by atoms with Gasteiger partial charge < -0.3 is 5.73 Å². The Balaban J connectivity index is 2.62. The van der Waals surface area contributed by atoms with Crippen LogP contribution in [0.5, 0.6) is 0 Å². The molecule has 0 atom stereocenters. The Morgan fingerprint density at radius 2 is 2.00 bits per heavy atom. The zero-order chi connectivity index (χ0) is 11.7. The maximum Gasteiger partial charge on any atom is 0.252 e. The molecule has 0 spiro atoms. The molecule has 0 bridgehead atoms. The van der Waals surface area contributed by atoms with E-state index >= 15 is 0 Å². The van der Waals surface area contributed by atoms with Crippen LogP contribution in [-0.4, -0.2) is 20.7 Å². The molecule has 5 heteroatoms. The van der Waals surface area contributed by atoms with E-state index in [-0.39, 0.29) is 0 Å². The third-order valence-electron chi connectivity index (χ3n) is 2.22. The van der Waals surface area contributed by atoms with Crippen LogP contribution in [0.4, 0.5) is 0 Å². The SMILES string of the molecule is Cc1ccc(C(N)=O)c(-n2ccc(C)n2)n1. The van der Waals surface area contributed by atoms with Crippen LogP contribution >= 0.6 is 0 Å². The van der Waals surface area contributed by atoms with Crippen LogP contribution in [0, 0.1) is 13.8 Å². The van der Waals surface area contributed by atoms with E-state index < -0.39 is 5.91 Å². The Hall–Kier alpha value is -2.17. The maximum atomic E-state index is 11.3. The van der Waals surface area contributed by atoms with Crippen molar-refractivity contribution in [3.05, 3.63) is 41.3 Å². The van der Waals surface area contributed by atoms with Crippen molar-refractivity contribution in [3.63, 3.8) is 0 Å². The summed E-state index contributed by atoms with van der Waals surface area (Å²) in [5, 5.41) is 4.21. The minimum Gasteiger partial charge on any atom is -0.365 e. The van der Waals surface area contributed by atoms with Gasteiger partial charge >= 0.3 is 0 Å².